The van der Waals surface area contributed by atoms with Gasteiger partial charge < -0.3 is 5.73 Å². The van der Waals surface area contributed by atoms with Crippen molar-refractivity contribution in [2.24, 2.45) is 0 Å². The lowest BCUT2D eigenvalue weighted by molar-refractivity contribution is 1.20. The maximum Gasteiger partial charge on any atom is 0.0762 e. The van der Waals surface area contributed by atoms with E-state index in [-0.39, 0.29) is 6.42 Å². The fraction of sp³-hybridized carbons (Fsp3) is 0.0769. The van der Waals surface area contributed by atoms with E-state index < -0.39 is 0 Å². The van der Waals surface area contributed by atoms with Gasteiger partial charge in [0.25, 0.3) is 0 Å². The first-order chi connectivity index (χ1) is 9.02. The van der Waals surface area contributed by atoms with Gasteiger partial charge in [-0.2, -0.15) is 5.26 Å². The smallest absolute Gasteiger partial charge is 0.0762 e. The zero-order valence-electron chi connectivity index (χ0n) is 9.62. The van der Waals surface area contributed by atoms with Gasteiger partial charge in [0, 0.05) is 10.6 Å². The molecule has 0 unspecified atom stereocenters. The van der Waals surface area contributed by atoms with Gasteiger partial charge in [0.05, 0.1) is 40.1 Å². The number of anilines is 1. The topological polar surface area (TPSA) is 62.7 Å². The number of halogens is 3. The molecule has 0 bridgehead atoms. The minimum Gasteiger partial charge on any atom is -0.397 e. The average Bonchev–Trinajstić information content (AvgIpc) is 2.35. The first-order valence-electron chi connectivity index (χ1n) is 5.29. The Morgan fingerprint density at radius 1 is 1.21 bits per heavy atom. The lowest BCUT2D eigenvalue weighted by Crippen LogP contribution is -1.97. The van der Waals surface area contributed by atoms with E-state index in [1.54, 1.807) is 18.2 Å². The number of nitrogen functional groups attached to an aromatic ring is 1. The molecule has 2 rings (SSSR count). The normalized spacial score (nSPS) is 10.2. The third-order valence-electron chi connectivity index (χ3n) is 2.51. The Morgan fingerprint density at radius 3 is 2.63 bits per heavy atom. The molecular weight excluding hydrogens is 305 g/mol. The van der Waals surface area contributed by atoms with Crippen LogP contribution in [-0.2, 0) is 6.42 Å². The minimum atomic E-state index is 0.174. The van der Waals surface area contributed by atoms with E-state index in [9.17, 15) is 0 Å². The van der Waals surface area contributed by atoms with Crippen LogP contribution in [0.4, 0.5) is 5.69 Å². The molecule has 0 aliphatic heterocycles. The average molecular weight is 313 g/mol. The van der Waals surface area contributed by atoms with E-state index >= 15 is 0 Å². The standard InChI is InChI=1S/C13H8Cl3N3/c14-8-4-10(12(16)11(15)5-8)13-7(1-2-17)3-9(18)6-19-13/h3-6H,1,18H2. The van der Waals surface area contributed by atoms with Gasteiger partial charge in [-0.25, -0.2) is 0 Å². The van der Waals surface area contributed by atoms with Gasteiger partial charge in [0.15, 0.2) is 0 Å². The molecule has 0 fully saturated rings. The number of nitrogens with two attached hydrogens (primary N) is 1. The summed E-state index contributed by atoms with van der Waals surface area (Å²) in [6, 6.07) is 6.97. The van der Waals surface area contributed by atoms with Crippen molar-refractivity contribution in [3.8, 4) is 17.3 Å². The number of nitriles is 1. The van der Waals surface area contributed by atoms with E-state index in [1.807, 2.05) is 0 Å². The lowest BCUT2D eigenvalue weighted by Gasteiger charge is -2.10. The van der Waals surface area contributed by atoms with Gasteiger partial charge in [-0.3, -0.25) is 4.98 Å². The lowest BCUT2D eigenvalue weighted by atomic mass is 10.0. The molecule has 0 spiro atoms. The summed E-state index contributed by atoms with van der Waals surface area (Å²) in [5.41, 5.74) is 7.99. The van der Waals surface area contributed by atoms with Crippen LogP contribution in [0.5, 0.6) is 0 Å². The molecule has 6 heteroatoms. The van der Waals surface area contributed by atoms with Crippen molar-refractivity contribution in [1.29, 1.82) is 5.26 Å². The highest BCUT2D eigenvalue weighted by Gasteiger charge is 2.14. The molecule has 0 aliphatic carbocycles. The van der Waals surface area contributed by atoms with Crippen LogP contribution >= 0.6 is 34.8 Å². The third-order valence-corrected chi connectivity index (χ3v) is 3.53. The molecule has 2 N–H and O–H groups in total. The predicted molar refractivity (Wildman–Crippen MR) is 78.4 cm³/mol. The highest BCUT2D eigenvalue weighted by Crippen LogP contribution is 2.37. The highest BCUT2D eigenvalue weighted by atomic mass is 35.5. The van der Waals surface area contributed by atoms with E-state index in [4.69, 9.17) is 45.8 Å². The minimum absolute atomic E-state index is 0.174. The van der Waals surface area contributed by atoms with E-state index in [0.717, 1.165) is 0 Å². The van der Waals surface area contributed by atoms with E-state index in [0.29, 0.717) is 37.6 Å². The summed E-state index contributed by atoms with van der Waals surface area (Å²) in [6.45, 7) is 0. The van der Waals surface area contributed by atoms with Crippen molar-refractivity contribution < 1.29 is 0 Å². The molecule has 2 aromatic rings. The quantitative estimate of drug-likeness (QED) is 0.838. The molecule has 1 aromatic heterocycles. The zero-order valence-corrected chi connectivity index (χ0v) is 11.9. The van der Waals surface area contributed by atoms with Gasteiger partial charge in [-0.05, 0) is 23.8 Å². The zero-order chi connectivity index (χ0) is 14.0. The van der Waals surface area contributed by atoms with Crippen LogP contribution in [0, 0.1) is 11.3 Å². The van der Waals surface area contributed by atoms with Gasteiger partial charge in [-0.15, -0.1) is 0 Å². The molecule has 0 amide bonds. The molecule has 1 heterocycles. The summed E-state index contributed by atoms with van der Waals surface area (Å²) in [7, 11) is 0. The molecule has 0 atom stereocenters. The van der Waals surface area contributed by atoms with Crippen molar-refractivity contribution in [2.75, 3.05) is 5.73 Å². The van der Waals surface area contributed by atoms with Crippen LogP contribution in [0.25, 0.3) is 11.3 Å². The molecule has 0 saturated carbocycles. The van der Waals surface area contributed by atoms with Gasteiger partial charge >= 0.3 is 0 Å². The van der Waals surface area contributed by atoms with Crippen molar-refractivity contribution in [3.05, 3.63) is 45.0 Å². The van der Waals surface area contributed by atoms with Crippen molar-refractivity contribution >= 4 is 40.5 Å². The van der Waals surface area contributed by atoms with Crippen LogP contribution in [-0.4, -0.2) is 4.98 Å². The molecule has 3 nitrogen and oxygen atoms in total. The Balaban J connectivity index is 2.69. The van der Waals surface area contributed by atoms with Crippen molar-refractivity contribution in [3.63, 3.8) is 0 Å². The Labute approximate surface area is 125 Å². The number of benzene rings is 1. The fourth-order valence-corrected chi connectivity index (χ4v) is 2.41. The molecule has 0 radical (unpaired) electrons. The molecule has 0 saturated heterocycles. The summed E-state index contributed by atoms with van der Waals surface area (Å²) < 4.78 is 0. The molecule has 96 valence electrons. The summed E-state index contributed by atoms with van der Waals surface area (Å²) in [6.07, 6.45) is 1.68. The molecule has 0 aliphatic rings. The van der Waals surface area contributed by atoms with Crippen LogP contribution in [0.2, 0.25) is 15.1 Å². The number of hydrogen-bond donors (Lipinski definition) is 1. The van der Waals surface area contributed by atoms with Crippen molar-refractivity contribution in [2.45, 2.75) is 6.42 Å². The van der Waals surface area contributed by atoms with Crippen LogP contribution in [0.15, 0.2) is 24.4 Å². The third kappa shape index (κ3) is 2.93. The first-order valence-corrected chi connectivity index (χ1v) is 6.42. The summed E-state index contributed by atoms with van der Waals surface area (Å²) >= 11 is 18.1. The molecule has 19 heavy (non-hydrogen) atoms. The summed E-state index contributed by atoms with van der Waals surface area (Å²) in [5.74, 6) is 0. The number of rotatable bonds is 2. The molecular formula is C13H8Cl3N3. The molecule has 1 aromatic carbocycles. The number of aromatic nitrogens is 1. The fourth-order valence-electron chi connectivity index (χ4n) is 1.72. The Bertz CT molecular complexity index is 678. The monoisotopic (exact) mass is 311 g/mol. The van der Waals surface area contributed by atoms with Crippen LogP contribution in [0.3, 0.4) is 0 Å². The van der Waals surface area contributed by atoms with Gasteiger partial charge in [-0.1, -0.05) is 34.8 Å². The van der Waals surface area contributed by atoms with Gasteiger partial charge in [0.2, 0.25) is 0 Å². The highest BCUT2D eigenvalue weighted by molar-refractivity contribution is 6.45. The van der Waals surface area contributed by atoms with Crippen molar-refractivity contribution in [1.82, 2.24) is 4.98 Å². The largest absolute Gasteiger partial charge is 0.397 e. The van der Waals surface area contributed by atoms with E-state index in [1.165, 1.54) is 6.20 Å². The second-order valence-corrected chi connectivity index (χ2v) is 5.08. The van der Waals surface area contributed by atoms with Gasteiger partial charge in [0.1, 0.15) is 0 Å². The first kappa shape index (κ1) is 14.0. The van der Waals surface area contributed by atoms with Crippen LogP contribution < -0.4 is 5.73 Å². The Hall–Kier alpha value is -1.47. The Kier molecular flexibility index (Phi) is 4.16. The summed E-state index contributed by atoms with van der Waals surface area (Å²) in [5, 5.41) is 9.99. The summed E-state index contributed by atoms with van der Waals surface area (Å²) in [4.78, 5) is 4.23. The second kappa shape index (κ2) is 5.66. The number of pyridine rings is 1. The Morgan fingerprint density at radius 2 is 1.95 bits per heavy atom. The number of hydrogen-bond acceptors (Lipinski definition) is 3. The van der Waals surface area contributed by atoms with E-state index in [2.05, 4.69) is 11.1 Å². The van der Waals surface area contributed by atoms with Crippen LogP contribution in [0.1, 0.15) is 5.56 Å². The maximum atomic E-state index is 8.86. The second-order valence-electron chi connectivity index (χ2n) is 3.86. The SMILES string of the molecule is N#CCc1cc(N)cnc1-c1cc(Cl)cc(Cl)c1Cl. The maximum absolute atomic E-state index is 8.86. The predicted octanol–water partition coefficient (Wildman–Crippen LogP) is 4.36. The number of nitrogens with zero attached hydrogens (tertiary/aromatic N) is 2.